The van der Waals surface area contributed by atoms with Gasteiger partial charge in [0.05, 0.1) is 24.1 Å². The molecule has 0 radical (unpaired) electrons. The van der Waals surface area contributed by atoms with Gasteiger partial charge in [-0.2, -0.15) is 5.26 Å². The number of hydrogen-bond acceptors (Lipinski definition) is 5. The van der Waals surface area contributed by atoms with E-state index >= 15 is 0 Å². The fourth-order valence-corrected chi connectivity index (χ4v) is 3.03. The molecule has 0 bridgehead atoms. The molecule has 0 aliphatic carbocycles. The normalized spacial score (nSPS) is 17.5. The zero-order chi connectivity index (χ0) is 15.7. The molecular weight excluding hydrogens is 278 g/mol. The van der Waals surface area contributed by atoms with E-state index in [0.717, 1.165) is 22.9 Å². The third-order valence-corrected chi connectivity index (χ3v) is 4.27. The number of aromatic nitrogens is 1. The second kappa shape index (κ2) is 5.64. The topological polar surface area (TPSA) is 66.2 Å². The summed E-state index contributed by atoms with van der Waals surface area (Å²) >= 11 is 0. The Kier molecular flexibility index (Phi) is 3.68. The highest BCUT2D eigenvalue weighted by Gasteiger charge is 2.31. The number of benzene rings is 1. The van der Waals surface area contributed by atoms with Crippen molar-refractivity contribution in [3.8, 4) is 6.07 Å². The smallest absolute Gasteiger partial charge is 0.310 e. The Bertz CT molecular complexity index is 779. The van der Waals surface area contributed by atoms with Gasteiger partial charge in [0.2, 0.25) is 0 Å². The minimum absolute atomic E-state index is 0.148. The maximum absolute atomic E-state index is 11.7. The summed E-state index contributed by atoms with van der Waals surface area (Å²) in [7, 11) is 1.41. The highest BCUT2D eigenvalue weighted by Crippen LogP contribution is 2.31. The number of ether oxygens (including phenoxy) is 1. The van der Waals surface area contributed by atoms with Crippen molar-refractivity contribution in [3.05, 3.63) is 35.4 Å². The fraction of sp³-hybridized carbons (Fsp3) is 0.353. The van der Waals surface area contributed by atoms with Crippen molar-refractivity contribution in [1.29, 1.82) is 5.26 Å². The molecule has 22 heavy (non-hydrogen) atoms. The average molecular weight is 295 g/mol. The van der Waals surface area contributed by atoms with Crippen molar-refractivity contribution in [1.82, 2.24) is 4.98 Å². The van der Waals surface area contributed by atoms with E-state index in [4.69, 9.17) is 4.74 Å². The van der Waals surface area contributed by atoms with Crippen molar-refractivity contribution < 1.29 is 9.53 Å². The summed E-state index contributed by atoms with van der Waals surface area (Å²) in [6.45, 7) is 3.20. The first-order chi connectivity index (χ1) is 10.7. The number of esters is 1. The van der Waals surface area contributed by atoms with Gasteiger partial charge < -0.3 is 9.64 Å². The molecule has 112 valence electrons. The number of methoxy groups -OCH3 is 1. The Morgan fingerprint density at radius 2 is 2.23 bits per heavy atom. The highest BCUT2D eigenvalue weighted by atomic mass is 16.5. The van der Waals surface area contributed by atoms with Crippen LogP contribution in [0.3, 0.4) is 0 Å². The lowest BCUT2D eigenvalue weighted by Crippen LogP contribution is -2.25. The van der Waals surface area contributed by atoms with Crippen LogP contribution in [0.25, 0.3) is 10.9 Å². The van der Waals surface area contributed by atoms with Crippen molar-refractivity contribution in [2.45, 2.75) is 13.3 Å². The van der Waals surface area contributed by atoms with Crippen LogP contribution in [0.15, 0.2) is 24.3 Å². The highest BCUT2D eigenvalue weighted by molar-refractivity contribution is 5.87. The van der Waals surface area contributed by atoms with Gasteiger partial charge in [-0.1, -0.05) is 18.2 Å². The van der Waals surface area contributed by atoms with Gasteiger partial charge in [0.25, 0.3) is 0 Å². The number of fused-ring (bicyclic) bond motifs is 1. The standard InChI is InChI=1S/C17H17N3O2/c1-11-13-5-3-4-6-15(13)19-16(14(11)9-18)20-8-7-12(10-20)17(21)22-2/h3-6,12H,7-8,10H2,1-2H3. The van der Waals surface area contributed by atoms with E-state index in [1.807, 2.05) is 36.1 Å². The maximum atomic E-state index is 11.7. The van der Waals surface area contributed by atoms with Crippen LogP contribution in [0.2, 0.25) is 0 Å². The molecule has 1 fully saturated rings. The minimum Gasteiger partial charge on any atom is -0.469 e. The first-order valence-corrected chi connectivity index (χ1v) is 7.28. The lowest BCUT2D eigenvalue weighted by molar-refractivity contribution is -0.144. The Morgan fingerprint density at radius 1 is 1.45 bits per heavy atom. The van der Waals surface area contributed by atoms with E-state index in [0.29, 0.717) is 24.5 Å². The average Bonchev–Trinajstić information content (AvgIpc) is 3.04. The van der Waals surface area contributed by atoms with Gasteiger partial charge in [0.1, 0.15) is 11.9 Å². The zero-order valence-corrected chi connectivity index (χ0v) is 12.7. The summed E-state index contributed by atoms with van der Waals surface area (Å²) in [4.78, 5) is 18.4. The van der Waals surface area contributed by atoms with E-state index in [2.05, 4.69) is 11.1 Å². The second-order valence-corrected chi connectivity index (χ2v) is 5.52. The summed E-state index contributed by atoms with van der Waals surface area (Å²) in [6, 6.07) is 10.1. The number of nitrogens with zero attached hydrogens (tertiary/aromatic N) is 3. The van der Waals surface area contributed by atoms with Crippen molar-refractivity contribution >= 4 is 22.7 Å². The molecule has 0 amide bonds. The van der Waals surface area contributed by atoms with Crippen molar-refractivity contribution in [2.24, 2.45) is 5.92 Å². The molecule has 1 aliphatic rings. The molecule has 2 heterocycles. The number of carbonyl (C=O) groups is 1. The number of anilines is 1. The van der Waals surface area contributed by atoms with Crippen LogP contribution in [-0.4, -0.2) is 31.2 Å². The monoisotopic (exact) mass is 295 g/mol. The number of rotatable bonds is 2. The summed E-state index contributed by atoms with van der Waals surface area (Å²) in [6.07, 6.45) is 0.727. The van der Waals surface area contributed by atoms with Gasteiger partial charge in [0, 0.05) is 18.5 Å². The van der Waals surface area contributed by atoms with Crippen molar-refractivity contribution in [3.63, 3.8) is 0 Å². The number of nitriles is 1. The second-order valence-electron chi connectivity index (χ2n) is 5.52. The lowest BCUT2D eigenvalue weighted by Gasteiger charge is -2.20. The van der Waals surface area contributed by atoms with E-state index in [1.54, 1.807) is 0 Å². The molecule has 1 saturated heterocycles. The molecule has 1 unspecified atom stereocenters. The minimum atomic E-state index is -0.196. The maximum Gasteiger partial charge on any atom is 0.310 e. The van der Waals surface area contributed by atoms with Gasteiger partial charge in [-0.05, 0) is 25.0 Å². The Morgan fingerprint density at radius 3 is 2.95 bits per heavy atom. The third kappa shape index (κ3) is 2.27. The molecule has 1 aromatic heterocycles. The van der Waals surface area contributed by atoms with Crippen LogP contribution in [-0.2, 0) is 9.53 Å². The lowest BCUT2D eigenvalue weighted by atomic mass is 10.0. The Hall–Kier alpha value is -2.61. The number of carbonyl (C=O) groups excluding carboxylic acids is 1. The number of pyridine rings is 1. The third-order valence-electron chi connectivity index (χ3n) is 4.27. The van der Waals surface area contributed by atoms with Crippen LogP contribution in [0.5, 0.6) is 0 Å². The van der Waals surface area contributed by atoms with E-state index < -0.39 is 0 Å². The molecule has 2 aromatic rings. The number of aryl methyl sites for hydroxylation is 1. The zero-order valence-electron chi connectivity index (χ0n) is 12.7. The van der Waals surface area contributed by atoms with Crippen LogP contribution >= 0.6 is 0 Å². The van der Waals surface area contributed by atoms with Gasteiger partial charge in [-0.25, -0.2) is 4.98 Å². The Balaban J connectivity index is 2.04. The molecular formula is C17H17N3O2. The van der Waals surface area contributed by atoms with Crippen LogP contribution in [0.4, 0.5) is 5.82 Å². The molecule has 1 aromatic carbocycles. The summed E-state index contributed by atoms with van der Waals surface area (Å²) < 4.78 is 4.82. The Labute approximate surface area is 129 Å². The van der Waals surface area contributed by atoms with E-state index in [-0.39, 0.29) is 11.9 Å². The molecule has 5 nitrogen and oxygen atoms in total. The van der Waals surface area contributed by atoms with Gasteiger partial charge in [0.15, 0.2) is 0 Å². The van der Waals surface area contributed by atoms with E-state index in [9.17, 15) is 10.1 Å². The molecule has 1 aliphatic heterocycles. The molecule has 1 atom stereocenters. The molecule has 3 rings (SSSR count). The van der Waals surface area contributed by atoms with E-state index in [1.165, 1.54) is 7.11 Å². The van der Waals surface area contributed by atoms with Crippen molar-refractivity contribution in [2.75, 3.05) is 25.1 Å². The quantitative estimate of drug-likeness (QED) is 0.796. The van der Waals surface area contributed by atoms with Crippen LogP contribution in [0, 0.1) is 24.2 Å². The molecule has 5 heteroatoms. The summed E-state index contributed by atoms with van der Waals surface area (Å²) in [5.41, 5.74) is 2.39. The van der Waals surface area contributed by atoms with Gasteiger partial charge >= 0.3 is 5.97 Å². The predicted molar refractivity (Wildman–Crippen MR) is 83.5 cm³/mol. The largest absolute Gasteiger partial charge is 0.469 e. The van der Waals surface area contributed by atoms with Gasteiger partial charge in [-0.3, -0.25) is 4.79 Å². The summed E-state index contributed by atoms with van der Waals surface area (Å²) in [5, 5.41) is 10.5. The molecule has 0 spiro atoms. The first-order valence-electron chi connectivity index (χ1n) is 7.28. The SMILES string of the molecule is COC(=O)C1CCN(c2nc3ccccc3c(C)c2C#N)C1. The number of hydrogen-bond donors (Lipinski definition) is 0. The molecule has 0 saturated carbocycles. The summed E-state index contributed by atoms with van der Waals surface area (Å²) in [5.74, 6) is 0.328. The number of para-hydroxylation sites is 1. The predicted octanol–water partition coefficient (Wildman–Crippen LogP) is 2.41. The van der Waals surface area contributed by atoms with Gasteiger partial charge in [-0.15, -0.1) is 0 Å². The first kappa shape index (κ1) is 14.3. The molecule has 0 N–H and O–H groups in total. The van der Waals surface area contributed by atoms with Crippen LogP contribution < -0.4 is 4.90 Å². The fourth-order valence-electron chi connectivity index (χ4n) is 3.03. The van der Waals surface area contributed by atoms with Crippen LogP contribution in [0.1, 0.15) is 17.5 Å².